The fourth-order valence-electron chi connectivity index (χ4n) is 2.17. The van der Waals surface area contributed by atoms with Gasteiger partial charge in [0.25, 0.3) is 5.91 Å². The van der Waals surface area contributed by atoms with Gasteiger partial charge in [0.1, 0.15) is 17.8 Å². The zero-order valence-electron chi connectivity index (χ0n) is 13.6. The molecule has 1 unspecified atom stereocenters. The third-order valence-corrected chi connectivity index (χ3v) is 3.43. The van der Waals surface area contributed by atoms with Crippen LogP contribution in [0, 0.1) is 5.82 Å². The van der Waals surface area contributed by atoms with Gasteiger partial charge in [0, 0.05) is 11.6 Å². The molecular formula is C16H20ClFN2O4. The van der Waals surface area contributed by atoms with Crippen molar-refractivity contribution in [1.82, 2.24) is 5.32 Å². The van der Waals surface area contributed by atoms with Gasteiger partial charge in [0.05, 0.1) is 32.4 Å². The van der Waals surface area contributed by atoms with Crippen LogP contribution in [-0.2, 0) is 6.54 Å². The first-order chi connectivity index (χ1) is 11.0. The van der Waals surface area contributed by atoms with Crippen molar-refractivity contribution in [2.24, 2.45) is 5.73 Å². The number of halogens is 2. The molecule has 6 nitrogen and oxygen atoms in total. The van der Waals surface area contributed by atoms with Crippen LogP contribution in [0.1, 0.15) is 34.6 Å². The van der Waals surface area contributed by atoms with Crippen LogP contribution >= 0.6 is 12.4 Å². The largest absolute Gasteiger partial charge is 0.493 e. The molecular weight excluding hydrogens is 339 g/mol. The molecule has 1 aromatic heterocycles. The zero-order chi connectivity index (χ0) is 17.0. The Morgan fingerprint density at radius 3 is 2.46 bits per heavy atom. The van der Waals surface area contributed by atoms with Gasteiger partial charge in [-0.2, -0.15) is 0 Å². The number of amides is 1. The molecule has 0 radical (unpaired) electrons. The summed E-state index contributed by atoms with van der Waals surface area (Å²) < 4.78 is 29.5. The van der Waals surface area contributed by atoms with Crippen molar-refractivity contribution in [1.29, 1.82) is 0 Å². The quantitative estimate of drug-likeness (QED) is 0.829. The van der Waals surface area contributed by atoms with Crippen molar-refractivity contribution in [3.05, 3.63) is 47.2 Å². The smallest absolute Gasteiger partial charge is 0.255 e. The Balaban J connectivity index is 0.00000288. The van der Waals surface area contributed by atoms with E-state index in [9.17, 15) is 9.18 Å². The van der Waals surface area contributed by atoms with E-state index in [1.807, 2.05) is 0 Å². The van der Waals surface area contributed by atoms with Gasteiger partial charge in [-0.15, -0.1) is 12.4 Å². The van der Waals surface area contributed by atoms with Crippen LogP contribution in [0.4, 0.5) is 4.39 Å². The topological polar surface area (TPSA) is 86.7 Å². The molecule has 0 aliphatic heterocycles. The molecule has 0 bridgehead atoms. The summed E-state index contributed by atoms with van der Waals surface area (Å²) in [6.45, 7) is 1.87. The van der Waals surface area contributed by atoms with E-state index in [2.05, 4.69) is 5.32 Å². The molecule has 1 amide bonds. The Morgan fingerprint density at radius 2 is 1.92 bits per heavy atom. The third kappa shape index (κ3) is 4.18. The predicted octanol–water partition coefficient (Wildman–Crippen LogP) is 2.81. The van der Waals surface area contributed by atoms with Crippen LogP contribution in [0.25, 0.3) is 0 Å². The minimum absolute atomic E-state index is 0. The molecule has 0 saturated heterocycles. The number of furan rings is 1. The van der Waals surface area contributed by atoms with Crippen molar-refractivity contribution in [2.75, 3.05) is 14.2 Å². The number of carbonyl (C=O) groups is 1. The first-order valence-electron chi connectivity index (χ1n) is 6.99. The molecule has 8 heteroatoms. The molecule has 132 valence electrons. The van der Waals surface area contributed by atoms with Crippen LogP contribution in [0.5, 0.6) is 11.5 Å². The second-order valence-electron chi connectivity index (χ2n) is 4.93. The van der Waals surface area contributed by atoms with E-state index >= 15 is 0 Å². The molecule has 0 spiro atoms. The summed E-state index contributed by atoms with van der Waals surface area (Å²) in [5, 5.41) is 2.70. The number of rotatable bonds is 6. The molecule has 3 N–H and O–H groups in total. The second-order valence-corrected chi connectivity index (χ2v) is 4.93. The predicted molar refractivity (Wildman–Crippen MR) is 89.2 cm³/mol. The molecule has 0 aliphatic rings. The van der Waals surface area contributed by atoms with Gasteiger partial charge in [-0.3, -0.25) is 4.79 Å². The summed E-state index contributed by atoms with van der Waals surface area (Å²) in [6, 6.07) is 3.70. The maximum atomic E-state index is 14.2. The number of carbonyl (C=O) groups excluding carboxylic acids is 1. The number of benzene rings is 1. The molecule has 2 rings (SSSR count). The molecule has 1 atom stereocenters. The normalized spacial score (nSPS) is 11.4. The van der Waals surface area contributed by atoms with E-state index < -0.39 is 11.9 Å². The molecule has 2 aromatic rings. The van der Waals surface area contributed by atoms with Crippen molar-refractivity contribution < 1.29 is 23.1 Å². The third-order valence-electron chi connectivity index (χ3n) is 3.43. The number of hydrogen-bond acceptors (Lipinski definition) is 5. The Hall–Kier alpha value is -2.25. The highest BCUT2D eigenvalue weighted by atomic mass is 35.5. The molecule has 0 saturated carbocycles. The van der Waals surface area contributed by atoms with Gasteiger partial charge in [0.15, 0.2) is 11.5 Å². The van der Waals surface area contributed by atoms with Crippen molar-refractivity contribution in [3.63, 3.8) is 0 Å². The molecule has 0 aliphatic carbocycles. The lowest BCUT2D eigenvalue weighted by atomic mass is 10.1. The molecule has 1 aromatic carbocycles. The number of methoxy groups -OCH3 is 2. The van der Waals surface area contributed by atoms with Gasteiger partial charge in [-0.25, -0.2) is 4.39 Å². The Kier molecular flexibility index (Phi) is 7.06. The fourth-order valence-corrected chi connectivity index (χ4v) is 2.17. The van der Waals surface area contributed by atoms with Gasteiger partial charge < -0.3 is 24.9 Å². The van der Waals surface area contributed by atoms with Gasteiger partial charge in [-0.1, -0.05) is 0 Å². The highest BCUT2D eigenvalue weighted by Gasteiger charge is 2.19. The standard InChI is InChI=1S/C16H19FN2O4.ClH/c1-9(19-16(20)10-4-11(7-18)23-8-10)12-5-14(21-2)15(22-3)6-13(12)17;/h4-6,8-9H,7,18H2,1-3H3,(H,19,20);1H. The van der Waals surface area contributed by atoms with Gasteiger partial charge >= 0.3 is 0 Å². The van der Waals surface area contributed by atoms with Crippen molar-refractivity contribution >= 4 is 18.3 Å². The maximum Gasteiger partial charge on any atom is 0.255 e. The summed E-state index contributed by atoms with van der Waals surface area (Å²) in [4.78, 5) is 12.2. The van der Waals surface area contributed by atoms with Crippen LogP contribution in [-0.4, -0.2) is 20.1 Å². The lowest BCUT2D eigenvalue weighted by molar-refractivity contribution is 0.0938. The second kappa shape index (κ2) is 8.56. The van der Waals surface area contributed by atoms with E-state index in [0.29, 0.717) is 22.6 Å². The highest BCUT2D eigenvalue weighted by molar-refractivity contribution is 5.94. The van der Waals surface area contributed by atoms with E-state index in [0.717, 1.165) is 0 Å². The average Bonchev–Trinajstić information content (AvgIpc) is 3.03. The van der Waals surface area contributed by atoms with E-state index in [1.54, 1.807) is 13.0 Å². The maximum absolute atomic E-state index is 14.2. The van der Waals surface area contributed by atoms with Crippen molar-refractivity contribution in [3.8, 4) is 11.5 Å². The SMILES string of the molecule is COc1cc(F)c(C(C)NC(=O)c2coc(CN)c2)cc1OC.Cl. The lowest BCUT2D eigenvalue weighted by Gasteiger charge is -2.17. The van der Waals surface area contributed by atoms with Gasteiger partial charge in [-0.05, 0) is 19.1 Å². The van der Waals surface area contributed by atoms with Crippen LogP contribution in [0.15, 0.2) is 28.9 Å². The molecule has 1 heterocycles. The van der Waals surface area contributed by atoms with E-state index in [-0.39, 0.29) is 30.6 Å². The first-order valence-corrected chi connectivity index (χ1v) is 6.99. The molecule has 0 fully saturated rings. The summed E-state index contributed by atoms with van der Waals surface area (Å²) in [5.74, 6) is 0.300. The molecule has 24 heavy (non-hydrogen) atoms. The van der Waals surface area contributed by atoms with E-state index in [4.69, 9.17) is 19.6 Å². The summed E-state index contributed by atoms with van der Waals surface area (Å²) >= 11 is 0. The van der Waals surface area contributed by atoms with Crippen LogP contribution in [0.3, 0.4) is 0 Å². The Labute approximate surface area is 145 Å². The highest BCUT2D eigenvalue weighted by Crippen LogP contribution is 2.32. The van der Waals surface area contributed by atoms with Crippen LogP contribution < -0.4 is 20.5 Å². The number of nitrogens with one attached hydrogen (secondary N) is 1. The fraction of sp³-hybridized carbons (Fsp3) is 0.312. The van der Waals surface area contributed by atoms with Crippen molar-refractivity contribution in [2.45, 2.75) is 19.5 Å². The van der Waals surface area contributed by atoms with Gasteiger partial charge in [0.2, 0.25) is 0 Å². The Morgan fingerprint density at radius 1 is 1.29 bits per heavy atom. The summed E-state index contributed by atoms with van der Waals surface area (Å²) in [5.41, 5.74) is 6.06. The first kappa shape index (κ1) is 19.8. The monoisotopic (exact) mass is 358 g/mol. The minimum atomic E-state index is -0.571. The summed E-state index contributed by atoms with van der Waals surface area (Å²) in [6.07, 6.45) is 1.31. The average molecular weight is 359 g/mol. The Bertz CT molecular complexity index is 705. The lowest BCUT2D eigenvalue weighted by Crippen LogP contribution is -2.27. The zero-order valence-corrected chi connectivity index (χ0v) is 14.4. The van der Waals surface area contributed by atoms with E-state index in [1.165, 1.54) is 32.6 Å². The minimum Gasteiger partial charge on any atom is -0.493 e. The number of ether oxygens (including phenoxy) is 2. The van der Waals surface area contributed by atoms with Crippen LogP contribution in [0.2, 0.25) is 0 Å². The summed E-state index contributed by atoms with van der Waals surface area (Å²) in [7, 11) is 2.89. The number of nitrogens with two attached hydrogens (primary N) is 1. The number of hydrogen-bond donors (Lipinski definition) is 2.